The molecular weight excluding hydrogens is 382 g/mol. The summed E-state index contributed by atoms with van der Waals surface area (Å²) in [6, 6.07) is 16.2. The van der Waals surface area contributed by atoms with Crippen LogP contribution in [-0.2, 0) is 17.0 Å². The lowest BCUT2D eigenvalue weighted by molar-refractivity contribution is -0.116. The maximum Gasteiger partial charge on any atom is 0.224 e. The number of amides is 1. The molecule has 0 aliphatic heterocycles. The summed E-state index contributed by atoms with van der Waals surface area (Å²) in [5, 5.41) is 11.7. The van der Waals surface area contributed by atoms with Crippen LogP contribution in [0.25, 0.3) is 11.0 Å². The summed E-state index contributed by atoms with van der Waals surface area (Å²) in [5.41, 5.74) is 5.06. The highest BCUT2D eigenvalue weighted by molar-refractivity contribution is 7.98. The van der Waals surface area contributed by atoms with Crippen molar-refractivity contribution in [1.82, 2.24) is 20.2 Å². The van der Waals surface area contributed by atoms with Crippen molar-refractivity contribution >= 4 is 34.4 Å². The number of benzene rings is 2. The second kappa shape index (κ2) is 8.87. The fourth-order valence-electron chi connectivity index (χ4n) is 2.98. The van der Waals surface area contributed by atoms with Gasteiger partial charge in [-0.3, -0.25) is 9.89 Å². The lowest BCUT2D eigenvalue weighted by Gasteiger charge is -2.08. The Kier molecular flexibility index (Phi) is 5.86. The van der Waals surface area contributed by atoms with Gasteiger partial charge in [0.1, 0.15) is 11.4 Å². The van der Waals surface area contributed by atoms with Crippen LogP contribution < -0.4 is 5.32 Å². The second-order valence-corrected chi connectivity index (χ2v) is 7.80. The second-order valence-electron chi connectivity index (χ2n) is 6.83. The topological polar surface area (TPSA) is 83.6 Å². The van der Waals surface area contributed by atoms with E-state index in [1.54, 1.807) is 18.0 Å². The number of hydrogen-bond donors (Lipinski definition) is 2. The summed E-state index contributed by atoms with van der Waals surface area (Å²) in [6.45, 7) is 2.06. The first-order chi connectivity index (χ1) is 14.2. The molecule has 29 heavy (non-hydrogen) atoms. The molecule has 0 saturated carbocycles. The van der Waals surface area contributed by atoms with Crippen LogP contribution >= 0.6 is 11.8 Å². The van der Waals surface area contributed by atoms with Crippen LogP contribution in [0.2, 0.25) is 0 Å². The zero-order valence-electron chi connectivity index (χ0n) is 16.1. The molecule has 2 aromatic heterocycles. The highest BCUT2D eigenvalue weighted by Gasteiger charge is 2.08. The zero-order chi connectivity index (χ0) is 20.1. The molecule has 2 aromatic carbocycles. The summed E-state index contributed by atoms with van der Waals surface area (Å²) in [5.74, 6) is 0.760. The Bertz CT molecular complexity index is 1120. The lowest BCUT2D eigenvalue weighted by Crippen LogP contribution is -2.12. The first kappa shape index (κ1) is 19.1. The van der Waals surface area contributed by atoms with Gasteiger partial charge >= 0.3 is 0 Å². The van der Waals surface area contributed by atoms with Crippen molar-refractivity contribution < 1.29 is 4.79 Å². The van der Waals surface area contributed by atoms with E-state index in [0.29, 0.717) is 6.42 Å². The molecule has 6 nitrogen and oxygen atoms in total. The Balaban J connectivity index is 1.34. The Hall–Kier alpha value is -3.19. The number of aromatic nitrogens is 4. The number of aromatic amines is 1. The molecule has 0 bridgehead atoms. The molecule has 0 spiro atoms. The normalized spacial score (nSPS) is 10.9. The third kappa shape index (κ3) is 5.00. The number of anilines is 1. The SMILES string of the molecule is Cc1ccc(CCC(=O)Nc2cccc(CSc3ncnc4[nH]ncc34)c2)cc1. The van der Waals surface area contributed by atoms with Gasteiger partial charge in [0.15, 0.2) is 5.65 Å². The van der Waals surface area contributed by atoms with Crippen molar-refractivity contribution in [3.05, 3.63) is 77.7 Å². The van der Waals surface area contributed by atoms with Gasteiger partial charge in [-0.15, -0.1) is 11.8 Å². The number of fused-ring (bicyclic) bond motifs is 1. The number of nitrogens with zero attached hydrogens (tertiary/aromatic N) is 3. The standard InChI is InChI=1S/C22H21N5OS/c1-15-5-7-16(8-6-15)9-10-20(28)26-18-4-2-3-17(11-18)13-29-22-19-12-25-27-21(19)23-14-24-22/h2-8,11-12,14H,9-10,13H2,1H3,(H,26,28)(H,23,24,25,27). The maximum atomic E-state index is 12.3. The average molecular weight is 404 g/mol. The quantitative estimate of drug-likeness (QED) is 0.350. The Morgan fingerprint density at radius 2 is 1.97 bits per heavy atom. The summed E-state index contributed by atoms with van der Waals surface area (Å²) in [7, 11) is 0. The minimum atomic E-state index is 0.0197. The smallest absolute Gasteiger partial charge is 0.224 e. The largest absolute Gasteiger partial charge is 0.326 e. The van der Waals surface area contributed by atoms with Crippen molar-refractivity contribution in [2.24, 2.45) is 0 Å². The molecule has 0 atom stereocenters. The number of hydrogen-bond acceptors (Lipinski definition) is 5. The van der Waals surface area contributed by atoms with Crippen molar-refractivity contribution in [3.8, 4) is 0 Å². The molecule has 2 heterocycles. The molecule has 0 unspecified atom stereocenters. The molecule has 7 heteroatoms. The number of rotatable bonds is 7. The maximum absolute atomic E-state index is 12.3. The molecule has 0 radical (unpaired) electrons. The fourth-order valence-corrected chi connectivity index (χ4v) is 3.89. The lowest BCUT2D eigenvalue weighted by atomic mass is 10.1. The molecule has 0 saturated heterocycles. The van der Waals surface area contributed by atoms with E-state index in [9.17, 15) is 4.79 Å². The summed E-state index contributed by atoms with van der Waals surface area (Å²) >= 11 is 1.62. The van der Waals surface area contributed by atoms with Crippen LogP contribution in [0.15, 0.2) is 66.1 Å². The molecule has 2 N–H and O–H groups in total. The van der Waals surface area contributed by atoms with Crippen LogP contribution in [0.3, 0.4) is 0 Å². The van der Waals surface area contributed by atoms with E-state index in [0.717, 1.165) is 39.5 Å². The molecular formula is C22H21N5OS. The van der Waals surface area contributed by atoms with Gasteiger partial charge in [0.25, 0.3) is 0 Å². The molecule has 4 rings (SSSR count). The number of thioether (sulfide) groups is 1. The van der Waals surface area contributed by atoms with E-state index >= 15 is 0 Å². The van der Waals surface area contributed by atoms with E-state index in [2.05, 4.69) is 56.7 Å². The summed E-state index contributed by atoms with van der Waals surface area (Å²) in [4.78, 5) is 20.8. The third-order valence-corrected chi connectivity index (χ3v) is 5.64. The molecule has 146 valence electrons. The van der Waals surface area contributed by atoms with Crippen LogP contribution in [0.5, 0.6) is 0 Å². The van der Waals surface area contributed by atoms with Crippen molar-refractivity contribution in [2.75, 3.05) is 5.32 Å². The molecule has 4 aromatic rings. The number of H-pyrrole nitrogens is 1. The first-order valence-corrected chi connectivity index (χ1v) is 10.4. The number of aryl methyl sites for hydroxylation is 2. The molecule has 0 aliphatic carbocycles. The predicted molar refractivity (Wildman–Crippen MR) is 116 cm³/mol. The Morgan fingerprint density at radius 1 is 1.10 bits per heavy atom. The fraction of sp³-hybridized carbons (Fsp3) is 0.182. The molecule has 0 fully saturated rings. The van der Waals surface area contributed by atoms with Crippen molar-refractivity contribution in [1.29, 1.82) is 0 Å². The molecule has 0 aliphatic rings. The van der Waals surface area contributed by atoms with Gasteiger partial charge in [-0.25, -0.2) is 9.97 Å². The number of carbonyl (C=O) groups excluding carboxylic acids is 1. The van der Waals surface area contributed by atoms with Gasteiger partial charge in [-0.05, 0) is 36.6 Å². The average Bonchev–Trinajstić information content (AvgIpc) is 3.22. The molecule has 1 amide bonds. The highest BCUT2D eigenvalue weighted by Crippen LogP contribution is 2.27. The Labute approximate surface area is 173 Å². The summed E-state index contributed by atoms with van der Waals surface area (Å²) in [6.07, 6.45) is 4.47. The Morgan fingerprint density at radius 3 is 2.83 bits per heavy atom. The van der Waals surface area contributed by atoms with E-state index in [1.807, 2.05) is 24.3 Å². The highest BCUT2D eigenvalue weighted by atomic mass is 32.2. The van der Waals surface area contributed by atoms with Crippen LogP contribution in [0.4, 0.5) is 5.69 Å². The van der Waals surface area contributed by atoms with Gasteiger partial charge in [-0.2, -0.15) is 5.10 Å². The van der Waals surface area contributed by atoms with Gasteiger partial charge in [0.05, 0.1) is 11.6 Å². The van der Waals surface area contributed by atoms with Crippen molar-refractivity contribution in [3.63, 3.8) is 0 Å². The number of nitrogens with one attached hydrogen (secondary N) is 2. The van der Waals surface area contributed by atoms with E-state index in [1.165, 1.54) is 17.5 Å². The van der Waals surface area contributed by atoms with Crippen LogP contribution in [-0.4, -0.2) is 26.1 Å². The van der Waals surface area contributed by atoms with Crippen molar-refractivity contribution in [2.45, 2.75) is 30.5 Å². The predicted octanol–water partition coefficient (Wildman–Crippen LogP) is 4.52. The minimum absolute atomic E-state index is 0.0197. The van der Waals surface area contributed by atoms with Gasteiger partial charge in [0.2, 0.25) is 5.91 Å². The van der Waals surface area contributed by atoms with Gasteiger partial charge < -0.3 is 5.32 Å². The van der Waals surface area contributed by atoms with Gasteiger partial charge in [0, 0.05) is 17.9 Å². The monoisotopic (exact) mass is 403 g/mol. The van der Waals surface area contributed by atoms with Gasteiger partial charge in [-0.1, -0.05) is 42.0 Å². The van der Waals surface area contributed by atoms with Crippen LogP contribution in [0.1, 0.15) is 23.1 Å². The van der Waals surface area contributed by atoms with E-state index in [-0.39, 0.29) is 5.91 Å². The van der Waals surface area contributed by atoms with E-state index < -0.39 is 0 Å². The summed E-state index contributed by atoms with van der Waals surface area (Å²) < 4.78 is 0. The third-order valence-electron chi connectivity index (χ3n) is 4.56. The zero-order valence-corrected chi connectivity index (χ0v) is 16.9. The van der Waals surface area contributed by atoms with Crippen LogP contribution in [0, 0.1) is 6.92 Å². The van der Waals surface area contributed by atoms with E-state index in [4.69, 9.17) is 0 Å². The minimum Gasteiger partial charge on any atom is -0.326 e. The number of carbonyl (C=O) groups is 1. The first-order valence-electron chi connectivity index (χ1n) is 9.38.